The molecule has 1 aliphatic heterocycles. The Morgan fingerprint density at radius 3 is 2.78 bits per heavy atom. The fourth-order valence-electron chi connectivity index (χ4n) is 2.04. The highest BCUT2D eigenvalue weighted by atomic mass is 16.7. The van der Waals surface area contributed by atoms with Gasteiger partial charge in [0.2, 0.25) is 5.91 Å². The zero-order valence-electron chi connectivity index (χ0n) is 11.4. The number of unbranched alkanes of at least 4 members (excludes halogenated alkanes) is 1. The molecule has 104 valence electrons. The van der Waals surface area contributed by atoms with Crippen molar-refractivity contribution in [1.82, 2.24) is 5.32 Å². The van der Waals surface area contributed by atoms with Crippen LogP contribution in [0.2, 0.25) is 0 Å². The molecule has 0 aromatic rings. The van der Waals surface area contributed by atoms with E-state index >= 15 is 0 Å². The van der Waals surface area contributed by atoms with Gasteiger partial charge in [-0.1, -0.05) is 13.3 Å². The molecule has 1 aliphatic rings. The van der Waals surface area contributed by atoms with E-state index in [2.05, 4.69) is 12.2 Å². The van der Waals surface area contributed by atoms with Gasteiger partial charge in [0, 0.05) is 13.0 Å². The largest absolute Gasteiger partial charge is 0.356 e. The van der Waals surface area contributed by atoms with E-state index in [0.717, 1.165) is 19.1 Å². The standard InChI is InChI=1S/C13H23NO4/c1-4-5-6-14-12(16)8-10-7-11(9-15)18-13(2,3)17-10/h9-11H,4-8H2,1-3H3,(H,14,16). The smallest absolute Gasteiger partial charge is 0.222 e. The minimum Gasteiger partial charge on any atom is -0.356 e. The molecule has 1 saturated heterocycles. The van der Waals surface area contributed by atoms with Crippen LogP contribution in [0.4, 0.5) is 0 Å². The van der Waals surface area contributed by atoms with Gasteiger partial charge in [-0.25, -0.2) is 0 Å². The van der Waals surface area contributed by atoms with Crippen LogP contribution in [-0.4, -0.2) is 36.7 Å². The molecule has 0 aromatic heterocycles. The van der Waals surface area contributed by atoms with Crippen LogP contribution in [0.5, 0.6) is 0 Å². The average Bonchev–Trinajstić information content (AvgIpc) is 2.27. The molecule has 0 saturated carbocycles. The lowest BCUT2D eigenvalue weighted by molar-refractivity contribution is -0.290. The summed E-state index contributed by atoms with van der Waals surface area (Å²) in [6.45, 7) is 6.28. The lowest BCUT2D eigenvalue weighted by atomic mass is 10.1. The summed E-state index contributed by atoms with van der Waals surface area (Å²) >= 11 is 0. The third-order valence-electron chi connectivity index (χ3n) is 2.80. The van der Waals surface area contributed by atoms with Crippen molar-refractivity contribution in [3.05, 3.63) is 0 Å². The van der Waals surface area contributed by atoms with Crippen molar-refractivity contribution in [2.75, 3.05) is 6.54 Å². The van der Waals surface area contributed by atoms with Crippen molar-refractivity contribution in [3.8, 4) is 0 Å². The minimum absolute atomic E-state index is 0.0317. The molecule has 0 aliphatic carbocycles. The number of carbonyl (C=O) groups excluding carboxylic acids is 2. The van der Waals surface area contributed by atoms with Crippen LogP contribution in [-0.2, 0) is 19.1 Å². The molecule has 1 amide bonds. The Morgan fingerprint density at radius 1 is 1.44 bits per heavy atom. The summed E-state index contributed by atoms with van der Waals surface area (Å²) in [6, 6.07) is 0. The second-order valence-corrected chi connectivity index (χ2v) is 5.08. The highest BCUT2D eigenvalue weighted by Gasteiger charge is 2.36. The van der Waals surface area contributed by atoms with Gasteiger partial charge in [-0.15, -0.1) is 0 Å². The molecule has 1 heterocycles. The molecule has 1 N–H and O–H groups in total. The Morgan fingerprint density at radius 2 is 2.17 bits per heavy atom. The van der Waals surface area contributed by atoms with Gasteiger partial charge in [0.1, 0.15) is 12.4 Å². The van der Waals surface area contributed by atoms with Crippen molar-refractivity contribution in [1.29, 1.82) is 0 Å². The van der Waals surface area contributed by atoms with Gasteiger partial charge < -0.3 is 19.6 Å². The number of nitrogens with one attached hydrogen (secondary N) is 1. The summed E-state index contributed by atoms with van der Waals surface area (Å²) in [5.74, 6) is -0.839. The number of hydrogen-bond donors (Lipinski definition) is 1. The topological polar surface area (TPSA) is 64.6 Å². The third kappa shape index (κ3) is 5.14. The zero-order chi connectivity index (χ0) is 13.6. The van der Waals surface area contributed by atoms with Gasteiger partial charge in [-0.2, -0.15) is 0 Å². The number of amides is 1. The summed E-state index contributed by atoms with van der Waals surface area (Å²) in [5, 5.41) is 2.84. The minimum atomic E-state index is -0.807. The van der Waals surface area contributed by atoms with Crippen LogP contribution >= 0.6 is 0 Å². The molecular formula is C13H23NO4. The lowest BCUT2D eigenvalue weighted by Gasteiger charge is -2.38. The fourth-order valence-corrected chi connectivity index (χ4v) is 2.04. The molecule has 1 rings (SSSR count). The SMILES string of the molecule is CCCCNC(=O)CC1CC(C=O)OC(C)(C)O1. The van der Waals surface area contributed by atoms with Crippen molar-refractivity contribution in [2.45, 2.75) is 64.4 Å². The highest BCUT2D eigenvalue weighted by molar-refractivity contribution is 5.76. The first kappa shape index (κ1) is 15.1. The number of ether oxygens (including phenoxy) is 2. The second-order valence-electron chi connectivity index (χ2n) is 5.08. The molecule has 1 fully saturated rings. The quantitative estimate of drug-likeness (QED) is 0.577. The Kier molecular flexibility index (Phi) is 5.75. The van der Waals surface area contributed by atoms with Crippen LogP contribution in [0.15, 0.2) is 0 Å². The molecular weight excluding hydrogens is 234 g/mol. The van der Waals surface area contributed by atoms with Gasteiger partial charge in [-0.3, -0.25) is 4.79 Å². The highest BCUT2D eigenvalue weighted by Crippen LogP contribution is 2.27. The summed E-state index contributed by atoms with van der Waals surface area (Å²) in [4.78, 5) is 22.5. The second kappa shape index (κ2) is 6.85. The first-order chi connectivity index (χ1) is 8.46. The van der Waals surface area contributed by atoms with Crippen LogP contribution in [0.1, 0.15) is 46.5 Å². The monoisotopic (exact) mass is 257 g/mol. The number of rotatable bonds is 6. The maximum absolute atomic E-state index is 11.7. The van der Waals surface area contributed by atoms with E-state index < -0.39 is 11.9 Å². The van der Waals surface area contributed by atoms with Gasteiger partial charge >= 0.3 is 0 Å². The summed E-state index contributed by atoms with van der Waals surface area (Å²) in [6.07, 6.45) is 2.77. The summed E-state index contributed by atoms with van der Waals surface area (Å²) < 4.78 is 11.1. The van der Waals surface area contributed by atoms with Crippen LogP contribution in [0.25, 0.3) is 0 Å². The molecule has 2 unspecified atom stereocenters. The Balaban J connectivity index is 2.40. The fraction of sp³-hybridized carbons (Fsp3) is 0.846. The molecule has 0 radical (unpaired) electrons. The van der Waals surface area contributed by atoms with Gasteiger partial charge in [0.15, 0.2) is 5.79 Å². The number of aldehydes is 1. The number of hydrogen-bond acceptors (Lipinski definition) is 4. The lowest BCUT2D eigenvalue weighted by Crippen LogP contribution is -2.46. The van der Waals surface area contributed by atoms with E-state index in [1.165, 1.54) is 0 Å². The van der Waals surface area contributed by atoms with E-state index in [1.807, 2.05) is 0 Å². The summed E-state index contributed by atoms with van der Waals surface area (Å²) in [7, 11) is 0. The first-order valence-electron chi connectivity index (χ1n) is 6.54. The normalized spacial score (nSPS) is 26.6. The number of carbonyl (C=O) groups is 2. The Bertz CT molecular complexity index is 291. The first-order valence-corrected chi connectivity index (χ1v) is 6.54. The van der Waals surface area contributed by atoms with Gasteiger partial charge in [-0.05, 0) is 20.3 Å². The van der Waals surface area contributed by atoms with Crippen molar-refractivity contribution < 1.29 is 19.1 Å². The summed E-state index contributed by atoms with van der Waals surface area (Å²) in [5.41, 5.74) is 0. The molecule has 2 atom stereocenters. The van der Waals surface area contributed by atoms with E-state index in [-0.39, 0.29) is 18.4 Å². The maximum Gasteiger partial charge on any atom is 0.222 e. The molecule has 0 spiro atoms. The van der Waals surface area contributed by atoms with Gasteiger partial charge in [0.05, 0.1) is 12.5 Å². The Labute approximate surface area is 108 Å². The van der Waals surface area contributed by atoms with E-state index in [9.17, 15) is 9.59 Å². The van der Waals surface area contributed by atoms with E-state index in [1.54, 1.807) is 13.8 Å². The Hall–Kier alpha value is -0.940. The van der Waals surface area contributed by atoms with E-state index in [0.29, 0.717) is 13.0 Å². The predicted molar refractivity (Wildman–Crippen MR) is 67.0 cm³/mol. The van der Waals surface area contributed by atoms with Crippen LogP contribution < -0.4 is 5.32 Å². The van der Waals surface area contributed by atoms with Crippen molar-refractivity contribution in [3.63, 3.8) is 0 Å². The van der Waals surface area contributed by atoms with Crippen LogP contribution in [0, 0.1) is 0 Å². The van der Waals surface area contributed by atoms with E-state index in [4.69, 9.17) is 9.47 Å². The zero-order valence-corrected chi connectivity index (χ0v) is 11.4. The maximum atomic E-state index is 11.7. The van der Waals surface area contributed by atoms with Crippen molar-refractivity contribution >= 4 is 12.2 Å². The average molecular weight is 257 g/mol. The molecule has 0 aromatic carbocycles. The molecule has 0 bridgehead atoms. The van der Waals surface area contributed by atoms with Crippen LogP contribution in [0.3, 0.4) is 0 Å². The predicted octanol–water partition coefficient (Wildman–Crippen LogP) is 1.40. The van der Waals surface area contributed by atoms with Gasteiger partial charge in [0.25, 0.3) is 0 Å². The molecule has 5 nitrogen and oxygen atoms in total. The molecule has 5 heteroatoms. The van der Waals surface area contributed by atoms with Crippen molar-refractivity contribution in [2.24, 2.45) is 0 Å². The third-order valence-corrected chi connectivity index (χ3v) is 2.80. The molecule has 18 heavy (non-hydrogen) atoms.